The lowest BCUT2D eigenvalue weighted by atomic mass is 10.2. The number of imidazole rings is 1. The summed E-state index contributed by atoms with van der Waals surface area (Å²) in [5.41, 5.74) is 3.46. The van der Waals surface area contributed by atoms with Gasteiger partial charge in [-0.1, -0.05) is 12.1 Å². The highest BCUT2D eigenvalue weighted by Gasteiger charge is 2.17. The zero-order valence-corrected chi connectivity index (χ0v) is 10.7. The van der Waals surface area contributed by atoms with E-state index in [4.69, 9.17) is 0 Å². The minimum Gasteiger partial charge on any atom is -0.342 e. The minimum atomic E-state index is -0.0499. The molecule has 4 rings (SSSR count). The summed E-state index contributed by atoms with van der Waals surface area (Å²) in [6, 6.07) is 7.85. The third-order valence-electron chi connectivity index (χ3n) is 3.52. The van der Waals surface area contributed by atoms with Crippen LogP contribution in [0.15, 0.2) is 29.1 Å². The number of hydrogen-bond acceptors (Lipinski definition) is 4. The second-order valence-corrected chi connectivity index (χ2v) is 4.92. The molecule has 0 fully saturated rings. The van der Waals surface area contributed by atoms with Gasteiger partial charge in [0.05, 0.1) is 28.7 Å². The molecule has 1 aliphatic rings. The lowest BCUT2D eigenvalue weighted by Gasteiger charge is -2.01. The van der Waals surface area contributed by atoms with Gasteiger partial charge in [-0.15, -0.1) is 0 Å². The molecule has 0 spiro atoms. The number of benzene rings is 1. The second kappa shape index (κ2) is 4.28. The number of rotatable bonds is 2. The molecule has 0 radical (unpaired) electrons. The molecule has 0 atom stereocenters. The predicted octanol–water partition coefficient (Wildman–Crippen LogP) is 0.840. The van der Waals surface area contributed by atoms with Crippen molar-refractivity contribution in [3.8, 4) is 0 Å². The summed E-state index contributed by atoms with van der Waals surface area (Å²) in [4.78, 5) is 27.0. The van der Waals surface area contributed by atoms with E-state index >= 15 is 0 Å². The third-order valence-corrected chi connectivity index (χ3v) is 3.52. The van der Waals surface area contributed by atoms with Gasteiger partial charge in [0.1, 0.15) is 11.6 Å². The molecule has 3 aromatic rings. The Labute approximate surface area is 114 Å². The number of hydrogen-bond donors (Lipinski definition) is 3. The average Bonchev–Trinajstić information content (AvgIpc) is 3.04. The zero-order valence-electron chi connectivity index (χ0n) is 10.7. The molecule has 6 heteroatoms. The largest absolute Gasteiger partial charge is 0.342 e. The first kappa shape index (κ1) is 11.4. The molecule has 0 unspecified atom stereocenters. The molecule has 0 amide bonds. The van der Waals surface area contributed by atoms with E-state index in [0.717, 1.165) is 28.1 Å². The van der Waals surface area contributed by atoms with Crippen LogP contribution in [-0.4, -0.2) is 19.9 Å². The molecule has 1 aliphatic heterocycles. The van der Waals surface area contributed by atoms with Crippen molar-refractivity contribution in [3.05, 3.63) is 57.5 Å². The highest BCUT2D eigenvalue weighted by Crippen LogP contribution is 2.13. The molecule has 3 heterocycles. The van der Waals surface area contributed by atoms with Crippen molar-refractivity contribution in [2.24, 2.45) is 0 Å². The van der Waals surface area contributed by atoms with Crippen molar-refractivity contribution in [1.82, 2.24) is 25.3 Å². The standard InChI is InChI=1S/C14H13N5O/c20-14-8-6-15-7-11(8)18-13(19-14)5-12-16-9-3-1-2-4-10(9)17-12/h1-4,15H,5-7H2,(H,16,17)(H,18,19,20). The summed E-state index contributed by atoms with van der Waals surface area (Å²) < 4.78 is 0. The van der Waals surface area contributed by atoms with Gasteiger partial charge in [0.2, 0.25) is 0 Å². The third kappa shape index (κ3) is 1.81. The summed E-state index contributed by atoms with van der Waals surface area (Å²) in [6.45, 7) is 1.26. The fraction of sp³-hybridized carbons (Fsp3) is 0.214. The highest BCUT2D eigenvalue weighted by molar-refractivity contribution is 5.74. The predicted molar refractivity (Wildman–Crippen MR) is 74.3 cm³/mol. The molecule has 2 aromatic heterocycles. The quantitative estimate of drug-likeness (QED) is 0.642. The number of fused-ring (bicyclic) bond motifs is 2. The fourth-order valence-electron chi connectivity index (χ4n) is 2.56. The molecular formula is C14H13N5O. The first-order valence-electron chi connectivity index (χ1n) is 6.55. The Morgan fingerprint density at radius 2 is 1.90 bits per heavy atom. The van der Waals surface area contributed by atoms with Gasteiger partial charge in [-0.25, -0.2) is 9.97 Å². The molecule has 3 N–H and O–H groups in total. The van der Waals surface area contributed by atoms with Crippen LogP contribution in [0.25, 0.3) is 11.0 Å². The highest BCUT2D eigenvalue weighted by atomic mass is 16.1. The first-order chi connectivity index (χ1) is 9.79. The molecular weight excluding hydrogens is 254 g/mol. The van der Waals surface area contributed by atoms with Crippen molar-refractivity contribution >= 4 is 11.0 Å². The van der Waals surface area contributed by atoms with E-state index in [1.807, 2.05) is 24.3 Å². The van der Waals surface area contributed by atoms with Crippen LogP contribution in [0.5, 0.6) is 0 Å². The lowest BCUT2D eigenvalue weighted by Crippen LogP contribution is -2.17. The normalized spacial score (nSPS) is 13.8. The van der Waals surface area contributed by atoms with E-state index in [-0.39, 0.29) is 5.56 Å². The molecule has 0 saturated heterocycles. The van der Waals surface area contributed by atoms with Crippen LogP contribution in [0.4, 0.5) is 0 Å². The van der Waals surface area contributed by atoms with Crippen molar-refractivity contribution in [2.45, 2.75) is 19.5 Å². The first-order valence-corrected chi connectivity index (χ1v) is 6.55. The maximum absolute atomic E-state index is 11.9. The van der Waals surface area contributed by atoms with Gasteiger partial charge >= 0.3 is 0 Å². The smallest absolute Gasteiger partial charge is 0.255 e. The van der Waals surface area contributed by atoms with Gasteiger partial charge in [-0.05, 0) is 12.1 Å². The topological polar surface area (TPSA) is 86.5 Å². The van der Waals surface area contributed by atoms with Crippen molar-refractivity contribution < 1.29 is 0 Å². The SMILES string of the molecule is O=c1[nH]c(Cc2nc3ccccc3[nH]2)nc2c1CNC2. The van der Waals surface area contributed by atoms with Crippen LogP contribution in [0.3, 0.4) is 0 Å². The minimum absolute atomic E-state index is 0.0499. The molecule has 100 valence electrons. The van der Waals surface area contributed by atoms with E-state index in [9.17, 15) is 4.79 Å². The monoisotopic (exact) mass is 267 g/mol. The van der Waals surface area contributed by atoms with E-state index in [1.165, 1.54) is 0 Å². The second-order valence-electron chi connectivity index (χ2n) is 4.92. The van der Waals surface area contributed by atoms with E-state index < -0.39 is 0 Å². The van der Waals surface area contributed by atoms with Crippen LogP contribution in [-0.2, 0) is 19.5 Å². The van der Waals surface area contributed by atoms with Gasteiger partial charge in [0, 0.05) is 13.1 Å². The van der Waals surface area contributed by atoms with E-state index in [0.29, 0.717) is 25.3 Å². The number of para-hydroxylation sites is 2. The van der Waals surface area contributed by atoms with Gasteiger partial charge in [-0.2, -0.15) is 0 Å². The Morgan fingerprint density at radius 3 is 2.80 bits per heavy atom. The number of nitrogens with zero attached hydrogens (tertiary/aromatic N) is 2. The molecule has 6 nitrogen and oxygen atoms in total. The van der Waals surface area contributed by atoms with Crippen LogP contribution in [0.2, 0.25) is 0 Å². The Hall–Kier alpha value is -2.47. The summed E-state index contributed by atoms with van der Waals surface area (Å²) in [7, 11) is 0. The Morgan fingerprint density at radius 1 is 1.05 bits per heavy atom. The van der Waals surface area contributed by atoms with Gasteiger partial charge in [0.25, 0.3) is 5.56 Å². The van der Waals surface area contributed by atoms with E-state index in [1.54, 1.807) is 0 Å². The lowest BCUT2D eigenvalue weighted by molar-refractivity contribution is 0.755. The van der Waals surface area contributed by atoms with Crippen LogP contribution in [0.1, 0.15) is 22.9 Å². The molecule has 0 saturated carbocycles. The van der Waals surface area contributed by atoms with Gasteiger partial charge < -0.3 is 15.3 Å². The number of H-pyrrole nitrogens is 2. The maximum Gasteiger partial charge on any atom is 0.255 e. The average molecular weight is 267 g/mol. The van der Waals surface area contributed by atoms with Crippen LogP contribution >= 0.6 is 0 Å². The van der Waals surface area contributed by atoms with E-state index in [2.05, 4.69) is 25.3 Å². The summed E-state index contributed by atoms with van der Waals surface area (Å²) >= 11 is 0. The Balaban J connectivity index is 1.72. The van der Waals surface area contributed by atoms with Crippen molar-refractivity contribution in [2.75, 3.05) is 0 Å². The molecule has 20 heavy (non-hydrogen) atoms. The van der Waals surface area contributed by atoms with Gasteiger partial charge in [0.15, 0.2) is 0 Å². The van der Waals surface area contributed by atoms with Crippen LogP contribution < -0.4 is 10.9 Å². The van der Waals surface area contributed by atoms with Crippen LogP contribution in [0, 0.1) is 0 Å². The van der Waals surface area contributed by atoms with Crippen molar-refractivity contribution in [1.29, 1.82) is 0 Å². The Kier molecular flexibility index (Phi) is 2.43. The molecule has 0 aliphatic carbocycles. The van der Waals surface area contributed by atoms with Crippen molar-refractivity contribution in [3.63, 3.8) is 0 Å². The summed E-state index contributed by atoms with van der Waals surface area (Å²) in [5, 5.41) is 3.14. The summed E-state index contributed by atoms with van der Waals surface area (Å²) in [5.74, 6) is 1.46. The van der Waals surface area contributed by atoms with Gasteiger partial charge in [-0.3, -0.25) is 4.79 Å². The maximum atomic E-state index is 11.9. The summed E-state index contributed by atoms with van der Waals surface area (Å²) in [6.07, 6.45) is 0.497. The molecule has 0 bridgehead atoms. The Bertz CT molecular complexity index is 815. The fourth-order valence-corrected chi connectivity index (χ4v) is 2.56. The number of nitrogens with one attached hydrogen (secondary N) is 3. The number of aromatic amines is 2. The molecule has 1 aromatic carbocycles. The number of aromatic nitrogens is 4. The zero-order chi connectivity index (χ0) is 13.5.